The van der Waals surface area contributed by atoms with E-state index in [1.54, 1.807) is 9.47 Å². The summed E-state index contributed by atoms with van der Waals surface area (Å²) < 4.78 is 7.64. The van der Waals surface area contributed by atoms with Crippen LogP contribution < -0.4 is 15.5 Å². The predicted molar refractivity (Wildman–Crippen MR) is 165 cm³/mol. The molecule has 5 rings (SSSR count). The SMILES string of the molecule is C=CC(=O)N1CCN(c2nc(=O)n(-c3c(CC)cccc3CC)c3nc(N4CC(C)OC(C)C4)c(Cl)cc23)[C@@H](C)C1. The Hall–Kier alpha value is -3.43. The fourth-order valence-electron chi connectivity index (χ4n) is 6.19. The minimum Gasteiger partial charge on any atom is -0.372 e. The van der Waals surface area contributed by atoms with Crippen LogP contribution in [0.1, 0.15) is 45.7 Å². The molecule has 3 atom stereocenters. The molecule has 1 aromatic carbocycles. The van der Waals surface area contributed by atoms with Crippen molar-refractivity contribution in [2.75, 3.05) is 42.5 Å². The Labute approximate surface area is 246 Å². The van der Waals surface area contributed by atoms with Gasteiger partial charge in [0, 0.05) is 38.8 Å². The van der Waals surface area contributed by atoms with E-state index in [1.165, 1.54) is 6.08 Å². The molecule has 0 saturated carbocycles. The number of anilines is 2. The largest absolute Gasteiger partial charge is 0.372 e. The van der Waals surface area contributed by atoms with Crippen molar-refractivity contribution in [2.24, 2.45) is 0 Å². The van der Waals surface area contributed by atoms with E-state index in [2.05, 4.69) is 47.3 Å². The van der Waals surface area contributed by atoms with Crippen molar-refractivity contribution in [2.45, 2.75) is 65.7 Å². The molecule has 3 aromatic rings. The fraction of sp³-hybridized carbons (Fsp3) is 0.484. The molecule has 2 aliphatic rings. The van der Waals surface area contributed by atoms with Gasteiger partial charge in [-0.2, -0.15) is 4.98 Å². The highest BCUT2D eigenvalue weighted by Crippen LogP contribution is 2.35. The van der Waals surface area contributed by atoms with Gasteiger partial charge in [0.1, 0.15) is 11.6 Å². The van der Waals surface area contributed by atoms with Crippen LogP contribution in [0.4, 0.5) is 11.6 Å². The summed E-state index contributed by atoms with van der Waals surface area (Å²) in [4.78, 5) is 42.2. The maximum atomic E-state index is 14.1. The number of halogens is 1. The van der Waals surface area contributed by atoms with Crippen LogP contribution in [0.5, 0.6) is 0 Å². The highest BCUT2D eigenvalue weighted by molar-refractivity contribution is 6.33. The van der Waals surface area contributed by atoms with Crippen molar-refractivity contribution in [1.29, 1.82) is 0 Å². The molecule has 4 heterocycles. The molecule has 2 aromatic heterocycles. The number of benzene rings is 1. The molecule has 10 heteroatoms. The number of nitrogens with zero attached hydrogens (tertiary/aromatic N) is 6. The first-order valence-electron chi connectivity index (χ1n) is 14.5. The summed E-state index contributed by atoms with van der Waals surface area (Å²) in [5.74, 6) is 1.07. The van der Waals surface area contributed by atoms with Crippen molar-refractivity contribution in [3.63, 3.8) is 0 Å². The number of morpholine rings is 1. The van der Waals surface area contributed by atoms with Crippen LogP contribution in [-0.2, 0) is 22.4 Å². The number of piperazine rings is 1. The van der Waals surface area contributed by atoms with E-state index >= 15 is 0 Å². The molecule has 218 valence electrons. The Morgan fingerprint density at radius 2 is 1.71 bits per heavy atom. The van der Waals surface area contributed by atoms with E-state index in [0.717, 1.165) is 29.7 Å². The number of aromatic nitrogens is 3. The van der Waals surface area contributed by atoms with Gasteiger partial charge in [0.15, 0.2) is 5.65 Å². The lowest BCUT2D eigenvalue weighted by Gasteiger charge is -2.40. The van der Waals surface area contributed by atoms with Crippen LogP contribution >= 0.6 is 11.6 Å². The second-order valence-electron chi connectivity index (χ2n) is 11.0. The van der Waals surface area contributed by atoms with E-state index in [4.69, 9.17) is 21.3 Å². The fourth-order valence-corrected chi connectivity index (χ4v) is 6.46. The second kappa shape index (κ2) is 11.8. The van der Waals surface area contributed by atoms with Crippen LogP contribution in [0.2, 0.25) is 5.02 Å². The third-order valence-electron chi connectivity index (χ3n) is 8.08. The average Bonchev–Trinajstić information content (AvgIpc) is 2.95. The van der Waals surface area contributed by atoms with Gasteiger partial charge in [-0.05, 0) is 56.9 Å². The number of para-hydroxylation sites is 1. The molecule has 2 aliphatic heterocycles. The number of ether oxygens (including phenoxy) is 1. The van der Waals surface area contributed by atoms with Crippen molar-refractivity contribution < 1.29 is 9.53 Å². The lowest BCUT2D eigenvalue weighted by Crippen LogP contribution is -2.54. The lowest BCUT2D eigenvalue weighted by molar-refractivity contribution is -0.126. The molecule has 2 saturated heterocycles. The number of aryl methyl sites for hydroxylation is 2. The van der Waals surface area contributed by atoms with Crippen LogP contribution in [-0.4, -0.2) is 76.3 Å². The third-order valence-corrected chi connectivity index (χ3v) is 8.35. The zero-order valence-electron chi connectivity index (χ0n) is 24.6. The van der Waals surface area contributed by atoms with E-state index < -0.39 is 0 Å². The van der Waals surface area contributed by atoms with Gasteiger partial charge in [0.25, 0.3) is 0 Å². The zero-order chi connectivity index (χ0) is 29.4. The quantitative estimate of drug-likeness (QED) is 0.401. The first kappa shape index (κ1) is 29.1. The monoisotopic (exact) mass is 578 g/mol. The van der Waals surface area contributed by atoms with Gasteiger partial charge in [-0.3, -0.25) is 4.79 Å². The molecule has 41 heavy (non-hydrogen) atoms. The molecule has 0 bridgehead atoms. The Morgan fingerprint density at radius 3 is 2.29 bits per heavy atom. The smallest absolute Gasteiger partial charge is 0.355 e. The summed E-state index contributed by atoms with van der Waals surface area (Å²) in [6.45, 7) is 16.7. The Bertz CT molecular complexity index is 1510. The molecule has 0 radical (unpaired) electrons. The number of pyridine rings is 1. The van der Waals surface area contributed by atoms with E-state index in [9.17, 15) is 9.59 Å². The number of carbonyl (C=O) groups excluding carboxylic acids is 1. The Balaban J connectivity index is 1.75. The molecule has 9 nitrogen and oxygen atoms in total. The van der Waals surface area contributed by atoms with Crippen molar-refractivity contribution >= 4 is 40.2 Å². The lowest BCUT2D eigenvalue weighted by atomic mass is 10.0. The van der Waals surface area contributed by atoms with E-state index in [-0.39, 0.29) is 29.8 Å². The molecule has 0 aliphatic carbocycles. The molecular formula is C31H39ClN6O3. The van der Waals surface area contributed by atoms with Crippen LogP contribution in [0.3, 0.4) is 0 Å². The van der Waals surface area contributed by atoms with Crippen molar-refractivity contribution in [3.05, 3.63) is 63.6 Å². The van der Waals surface area contributed by atoms with Gasteiger partial charge in [0.05, 0.1) is 28.3 Å². The summed E-state index contributed by atoms with van der Waals surface area (Å²) in [5.41, 5.74) is 3.09. The number of hydrogen-bond donors (Lipinski definition) is 0. The van der Waals surface area contributed by atoms with Gasteiger partial charge in [-0.15, -0.1) is 0 Å². The molecule has 0 spiro atoms. The van der Waals surface area contributed by atoms with Crippen molar-refractivity contribution in [1.82, 2.24) is 19.4 Å². The van der Waals surface area contributed by atoms with Gasteiger partial charge in [-0.1, -0.05) is 50.2 Å². The van der Waals surface area contributed by atoms with Gasteiger partial charge >= 0.3 is 5.69 Å². The van der Waals surface area contributed by atoms with Crippen molar-refractivity contribution in [3.8, 4) is 5.69 Å². The molecule has 0 N–H and O–H groups in total. The summed E-state index contributed by atoms with van der Waals surface area (Å²) in [7, 11) is 0. The van der Waals surface area contributed by atoms with Gasteiger partial charge in [-0.25, -0.2) is 14.3 Å². The molecular weight excluding hydrogens is 540 g/mol. The highest BCUT2D eigenvalue weighted by atomic mass is 35.5. The minimum atomic E-state index is -0.385. The number of hydrogen-bond acceptors (Lipinski definition) is 7. The third kappa shape index (κ3) is 5.45. The standard InChI is InChI=1S/C31H39ClN6O3/c1-7-22-11-10-12-23(8-2)27(22)38-29-24(15-25(32)30(33-29)36-17-20(5)41-21(6)18-36)28(34-31(38)40)37-14-13-35(16-19(37)4)26(39)9-3/h9-12,15,19-21H,3,7-8,13-14,16-18H2,1-2,4-6H3/t19-,20?,21?/m0/s1. The minimum absolute atomic E-state index is 0.0189. The molecule has 2 unspecified atom stereocenters. The maximum absolute atomic E-state index is 14.1. The number of amides is 1. The number of rotatable bonds is 6. The zero-order valence-corrected chi connectivity index (χ0v) is 25.3. The Kier molecular flexibility index (Phi) is 8.38. The number of carbonyl (C=O) groups is 1. The molecule has 1 amide bonds. The molecule has 2 fully saturated rings. The summed E-state index contributed by atoms with van der Waals surface area (Å²) >= 11 is 6.98. The Morgan fingerprint density at radius 1 is 1.05 bits per heavy atom. The van der Waals surface area contributed by atoms with E-state index in [1.807, 2.05) is 32.9 Å². The predicted octanol–water partition coefficient (Wildman–Crippen LogP) is 4.40. The summed E-state index contributed by atoms with van der Waals surface area (Å²) in [5, 5.41) is 1.20. The normalized spacial score (nSPS) is 21.4. The van der Waals surface area contributed by atoms with E-state index in [0.29, 0.717) is 60.4 Å². The van der Waals surface area contributed by atoms with Crippen LogP contribution in [0.25, 0.3) is 16.7 Å². The maximum Gasteiger partial charge on any atom is 0.355 e. The number of fused-ring (bicyclic) bond motifs is 1. The average molecular weight is 579 g/mol. The summed E-state index contributed by atoms with van der Waals surface area (Å²) in [6.07, 6.45) is 2.89. The first-order chi connectivity index (χ1) is 19.7. The highest BCUT2D eigenvalue weighted by Gasteiger charge is 2.31. The second-order valence-corrected chi connectivity index (χ2v) is 11.5. The van der Waals surface area contributed by atoms with Crippen LogP contribution in [0, 0.1) is 0 Å². The van der Waals surface area contributed by atoms with Crippen LogP contribution in [0.15, 0.2) is 41.7 Å². The topological polar surface area (TPSA) is 83.8 Å². The summed E-state index contributed by atoms with van der Waals surface area (Å²) in [6, 6.07) is 7.97. The first-order valence-corrected chi connectivity index (χ1v) is 14.9. The van der Waals surface area contributed by atoms with Gasteiger partial charge < -0.3 is 19.4 Å². The van der Waals surface area contributed by atoms with Gasteiger partial charge in [0.2, 0.25) is 5.91 Å².